The standard InChI is InChI=1S/C12H22O5Si2/c1-13-19(14-2,15-3)16-11-18(4,5)17-12-9-7-6-8-10-12/h6-10H,11H2,1-5H3. The van der Waals surface area contributed by atoms with E-state index in [0.717, 1.165) is 5.75 Å². The first-order valence-corrected chi connectivity index (χ1v) is 10.8. The fourth-order valence-corrected chi connectivity index (χ4v) is 5.31. The van der Waals surface area contributed by atoms with Crippen molar-refractivity contribution in [1.29, 1.82) is 0 Å². The zero-order chi connectivity index (χ0) is 14.4. The molecule has 0 aromatic heterocycles. The fraction of sp³-hybridized carbons (Fsp3) is 0.500. The lowest BCUT2D eigenvalue weighted by Crippen LogP contribution is -2.52. The summed E-state index contributed by atoms with van der Waals surface area (Å²) < 4.78 is 27.4. The molecule has 0 unspecified atom stereocenters. The lowest BCUT2D eigenvalue weighted by atomic mass is 10.3. The Morgan fingerprint density at radius 1 is 0.895 bits per heavy atom. The Hall–Kier alpha value is -0.706. The van der Waals surface area contributed by atoms with Gasteiger partial charge in [0.05, 0.1) is 6.23 Å². The molecule has 0 amide bonds. The van der Waals surface area contributed by atoms with Gasteiger partial charge in [-0.1, -0.05) is 18.2 Å². The van der Waals surface area contributed by atoms with Gasteiger partial charge in [-0.2, -0.15) is 0 Å². The minimum absolute atomic E-state index is 0.434. The lowest BCUT2D eigenvalue weighted by Gasteiger charge is -2.29. The van der Waals surface area contributed by atoms with Crippen molar-refractivity contribution in [3.63, 3.8) is 0 Å². The Kier molecular flexibility index (Phi) is 6.17. The number of rotatable bonds is 8. The quantitative estimate of drug-likeness (QED) is 0.689. The Morgan fingerprint density at radius 2 is 1.42 bits per heavy atom. The lowest BCUT2D eigenvalue weighted by molar-refractivity contribution is 0.0146. The normalized spacial score (nSPS) is 12.5. The highest BCUT2D eigenvalue weighted by Gasteiger charge is 2.44. The highest BCUT2D eigenvalue weighted by Crippen LogP contribution is 2.17. The number of hydrogen-bond acceptors (Lipinski definition) is 5. The van der Waals surface area contributed by atoms with Crippen molar-refractivity contribution >= 4 is 17.4 Å². The summed E-state index contributed by atoms with van der Waals surface area (Å²) in [7, 11) is -0.461. The van der Waals surface area contributed by atoms with Crippen LogP contribution in [0.15, 0.2) is 30.3 Å². The summed E-state index contributed by atoms with van der Waals surface area (Å²) in [5, 5.41) is 0. The van der Waals surface area contributed by atoms with E-state index in [0.29, 0.717) is 6.23 Å². The van der Waals surface area contributed by atoms with E-state index < -0.39 is 17.4 Å². The third-order valence-corrected chi connectivity index (χ3v) is 6.40. The monoisotopic (exact) mass is 302 g/mol. The Morgan fingerprint density at radius 3 is 1.89 bits per heavy atom. The second-order valence-electron chi connectivity index (χ2n) is 4.58. The molecule has 0 aliphatic carbocycles. The molecule has 0 radical (unpaired) electrons. The van der Waals surface area contributed by atoms with Crippen LogP contribution in [0.1, 0.15) is 0 Å². The maximum atomic E-state index is 6.00. The van der Waals surface area contributed by atoms with Crippen molar-refractivity contribution in [2.24, 2.45) is 0 Å². The first-order valence-electron chi connectivity index (χ1n) is 6.00. The van der Waals surface area contributed by atoms with Crippen LogP contribution in [0.3, 0.4) is 0 Å². The molecule has 1 aromatic rings. The molecule has 0 bridgehead atoms. The van der Waals surface area contributed by atoms with Crippen LogP contribution in [0.25, 0.3) is 0 Å². The van der Waals surface area contributed by atoms with Crippen molar-refractivity contribution in [2.75, 3.05) is 27.6 Å². The van der Waals surface area contributed by atoms with Crippen molar-refractivity contribution in [2.45, 2.75) is 13.1 Å². The number of para-hydroxylation sites is 1. The highest BCUT2D eigenvalue weighted by atomic mass is 28.4. The molecule has 19 heavy (non-hydrogen) atoms. The van der Waals surface area contributed by atoms with Crippen molar-refractivity contribution < 1.29 is 22.1 Å². The first-order chi connectivity index (χ1) is 8.97. The Balaban J connectivity index is 2.59. The molecule has 0 fully saturated rings. The van der Waals surface area contributed by atoms with Gasteiger partial charge in [0.25, 0.3) is 8.32 Å². The van der Waals surface area contributed by atoms with E-state index in [1.807, 2.05) is 30.3 Å². The molecule has 0 aliphatic rings. The maximum Gasteiger partial charge on any atom is 0.678 e. The molecular formula is C12H22O5Si2. The van der Waals surface area contributed by atoms with Crippen molar-refractivity contribution in [1.82, 2.24) is 0 Å². The van der Waals surface area contributed by atoms with Crippen molar-refractivity contribution in [3.05, 3.63) is 30.3 Å². The van der Waals surface area contributed by atoms with Gasteiger partial charge in [0.2, 0.25) is 0 Å². The topological polar surface area (TPSA) is 46.2 Å². The van der Waals surface area contributed by atoms with E-state index in [-0.39, 0.29) is 0 Å². The van der Waals surface area contributed by atoms with Crippen LogP contribution in [0.4, 0.5) is 0 Å². The van der Waals surface area contributed by atoms with Gasteiger partial charge < -0.3 is 22.1 Å². The number of benzene rings is 1. The van der Waals surface area contributed by atoms with Crippen LogP contribution in [-0.4, -0.2) is 44.9 Å². The van der Waals surface area contributed by atoms with Crippen LogP contribution >= 0.6 is 0 Å². The second kappa shape index (κ2) is 7.18. The van der Waals surface area contributed by atoms with Gasteiger partial charge in [-0.25, -0.2) is 0 Å². The van der Waals surface area contributed by atoms with Crippen LogP contribution < -0.4 is 4.43 Å². The SMILES string of the molecule is CO[Si](OC)(OC)OC[Si](C)(C)Oc1ccccc1. The van der Waals surface area contributed by atoms with Gasteiger partial charge in [-0.15, -0.1) is 0 Å². The van der Waals surface area contributed by atoms with Crippen LogP contribution in [-0.2, 0) is 17.7 Å². The molecule has 1 rings (SSSR count). The Bertz CT molecular complexity index is 359. The van der Waals surface area contributed by atoms with Gasteiger partial charge in [0.1, 0.15) is 5.75 Å². The smallest absolute Gasteiger partial charge is 0.542 e. The van der Waals surface area contributed by atoms with E-state index in [1.54, 1.807) is 0 Å². The summed E-state index contributed by atoms with van der Waals surface area (Å²) in [6, 6.07) is 9.71. The summed E-state index contributed by atoms with van der Waals surface area (Å²) in [5.74, 6) is 0.849. The molecule has 108 valence electrons. The molecule has 0 saturated carbocycles. The fourth-order valence-electron chi connectivity index (χ4n) is 1.53. The average Bonchev–Trinajstić information content (AvgIpc) is 2.41. The largest absolute Gasteiger partial charge is 0.678 e. The molecule has 0 saturated heterocycles. The maximum absolute atomic E-state index is 6.00. The highest BCUT2D eigenvalue weighted by molar-refractivity contribution is 6.72. The summed E-state index contributed by atoms with van der Waals surface area (Å²) in [5.41, 5.74) is 0. The number of hydrogen-bond donors (Lipinski definition) is 0. The van der Waals surface area contributed by atoms with Crippen LogP contribution in [0.5, 0.6) is 5.75 Å². The molecule has 7 heteroatoms. The summed E-state index contributed by atoms with van der Waals surface area (Å²) in [6.45, 7) is 4.14. The van der Waals surface area contributed by atoms with Crippen LogP contribution in [0.2, 0.25) is 13.1 Å². The summed E-state index contributed by atoms with van der Waals surface area (Å²) >= 11 is 0. The minimum Gasteiger partial charge on any atom is -0.542 e. The summed E-state index contributed by atoms with van der Waals surface area (Å²) in [4.78, 5) is 0. The van der Waals surface area contributed by atoms with Crippen LogP contribution in [0, 0.1) is 0 Å². The molecule has 0 atom stereocenters. The van der Waals surface area contributed by atoms with E-state index in [4.69, 9.17) is 22.1 Å². The predicted octanol–water partition coefficient (Wildman–Crippen LogP) is 2.20. The van der Waals surface area contributed by atoms with E-state index >= 15 is 0 Å². The first kappa shape index (κ1) is 16.3. The summed E-state index contributed by atoms with van der Waals surface area (Å²) in [6.07, 6.45) is 0.434. The van der Waals surface area contributed by atoms with Gasteiger partial charge in [-0.05, 0) is 25.2 Å². The third kappa shape index (κ3) is 5.05. The van der Waals surface area contributed by atoms with Gasteiger partial charge in [0.15, 0.2) is 0 Å². The van der Waals surface area contributed by atoms with Gasteiger partial charge in [-0.3, -0.25) is 0 Å². The molecular weight excluding hydrogens is 280 g/mol. The zero-order valence-electron chi connectivity index (χ0n) is 12.1. The van der Waals surface area contributed by atoms with Gasteiger partial charge >= 0.3 is 9.05 Å². The molecule has 0 aliphatic heterocycles. The van der Waals surface area contributed by atoms with E-state index in [9.17, 15) is 0 Å². The molecule has 0 heterocycles. The Labute approximate surface area is 117 Å². The average molecular weight is 302 g/mol. The second-order valence-corrected chi connectivity index (χ2v) is 11.1. The minimum atomic E-state index is -2.99. The molecule has 0 spiro atoms. The van der Waals surface area contributed by atoms with Crippen molar-refractivity contribution in [3.8, 4) is 5.75 Å². The molecule has 5 nitrogen and oxygen atoms in total. The third-order valence-electron chi connectivity index (χ3n) is 2.48. The zero-order valence-corrected chi connectivity index (χ0v) is 14.1. The van der Waals surface area contributed by atoms with E-state index in [2.05, 4.69) is 13.1 Å². The predicted molar refractivity (Wildman–Crippen MR) is 77.3 cm³/mol. The van der Waals surface area contributed by atoms with Gasteiger partial charge in [0, 0.05) is 21.3 Å². The van der Waals surface area contributed by atoms with E-state index in [1.165, 1.54) is 21.3 Å². The molecule has 0 N–H and O–H groups in total. The molecule has 1 aromatic carbocycles.